The second-order valence-corrected chi connectivity index (χ2v) is 5.26. The maximum absolute atomic E-state index is 12.7. The van der Waals surface area contributed by atoms with E-state index in [0.29, 0.717) is 0 Å². The summed E-state index contributed by atoms with van der Waals surface area (Å²) in [6.07, 6.45) is -4.69. The number of alkyl halides is 3. The molecule has 1 aliphatic heterocycles. The largest absolute Gasteiger partial charge is 0.481 e. The zero-order valence-electron chi connectivity index (χ0n) is 10.1. The van der Waals surface area contributed by atoms with Gasteiger partial charge in [0.25, 0.3) is 0 Å². The van der Waals surface area contributed by atoms with Gasteiger partial charge in [0.1, 0.15) is 0 Å². The fourth-order valence-electron chi connectivity index (χ4n) is 1.91. The number of carbonyl (C=O) groups excluding carboxylic acids is 1. The lowest BCUT2D eigenvalue weighted by molar-refractivity contribution is -0.188. The van der Waals surface area contributed by atoms with Crippen molar-refractivity contribution < 1.29 is 37.8 Å². The number of thioether (sulfide) groups is 1. The fraction of sp³-hybridized carbons (Fsp3) is 0.700. The van der Waals surface area contributed by atoms with Crippen LogP contribution < -0.4 is 0 Å². The minimum absolute atomic E-state index is 0.288. The number of rotatable bonds is 5. The Morgan fingerprint density at radius 1 is 1.15 bits per heavy atom. The van der Waals surface area contributed by atoms with E-state index >= 15 is 0 Å². The van der Waals surface area contributed by atoms with Crippen molar-refractivity contribution in [1.82, 2.24) is 4.90 Å². The molecule has 0 aromatic rings. The Labute approximate surface area is 115 Å². The molecule has 0 aliphatic carbocycles. The van der Waals surface area contributed by atoms with E-state index < -0.39 is 48.9 Å². The van der Waals surface area contributed by atoms with Crippen LogP contribution in [0.1, 0.15) is 0 Å². The molecule has 0 saturated carbocycles. The van der Waals surface area contributed by atoms with Gasteiger partial charge in [0.05, 0.1) is 23.3 Å². The number of carboxylic acids is 2. The lowest BCUT2D eigenvalue weighted by Crippen LogP contribution is -2.34. The third kappa shape index (κ3) is 4.29. The van der Waals surface area contributed by atoms with Gasteiger partial charge in [-0.25, -0.2) is 0 Å². The van der Waals surface area contributed by atoms with Crippen LogP contribution >= 0.6 is 11.8 Å². The van der Waals surface area contributed by atoms with Gasteiger partial charge in [0, 0.05) is 13.1 Å². The van der Waals surface area contributed by atoms with E-state index in [1.165, 1.54) is 0 Å². The number of hydrogen-bond donors (Lipinski definition) is 2. The van der Waals surface area contributed by atoms with Crippen molar-refractivity contribution in [2.24, 2.45) is 11.8 Å². The summed E-state index contributed by atoms with van der Waals surface area (Å²) in [5.41, 5.74) is 0. The minimum Gasteiger partial charge on any atom is -0.481 e. The van der Waals surface area contributed by atoms with Crippen molar-refractivity contribution in [3.63, 3.8) is 0 Å². The van der Waals surface area contributed by atoms with Gasteiger partial charge >= 0.3 is 18.1 Å². The Morgan fingerprint density at radius 3 is 2.15 bits per heavy atom. The van der Waals surface area contributed by atoms with Crippen LogP contribution in [0.2, 0.25) is 0 Å². The molecule has 0 spiro atoms. The standard InChI is InChI=1S/C10H12F3NO5S/c11-10(12,13)6-2-14(1-5(6)9(18)19)7(15)3-20-4-8(16)17/h5-6H,1-4H2,(H,16,17)(H,18,19)/t5-,6-/m1/s1. The van der Waals surface area contributed by atoms with Crippen molar-refractivity contribution in [3.05, 3.63) is 0 Å². The lowest BCUT2D eigenvalue weighted by Gasteiger charge is -2.18. The summed E-state index contributed by atoms with van der Waals surface area (Å²) < 4.78 is 38.0. The highest BCUT2D eigenvalue weighted by molar-refractivity contribution is 8.00. The first-order chi connectivity index (χ1) is 9.12. The molecule has 10 heteroatoms. The Bertz CT molecular complexity index is 414. The number of likely N-dealkylation sites (tertiary alicyclic amines) is 1. The van der Waals surface area contributed by atoms with Crippen molar-refractivity contribution >= 4 is 29.6 Å². The van der Waals surface area contributed by atoms with Crippen molar-refractivity contribution in [3.8, 4) is 0 Å². The van der Waals surface area contributed by atoms with Gasteiger partial charge in [-0.05, 0) is 0 Å². The van der Waals surface area contributed by atoms with Gasteiger partial charge < -0.3 is 15.1 Å². The summed E-state index contributed by atoms with van der Waals surface area (Å²) in [5.74, 6) is -7.82. The number of carbonyl (C=O) groups is 3. The van der Waals surface area contributed by atoms with Crippen LogP contribution in [0.25, 0.3) is 0 Å². The van der Waals surface area contributed by atoms with E-state index in [2.05, 4.69) is 0 Å². The second-order valence-electron chi connectivity index (χ2n) is 4.28. The lowest BCUT2D eigenvalue weighted by atomic mass is 9.96. The molecule has 0 aromatic heterocycles. The topological polar surface area (TPSA) is 94.9 Å². The predicted octanol–water partition coefficient (Wildman–Crippen LogP) is 0.526. The van der Waals surface area contributed by atoms with Crippen LogP contribution in [0.3, 0.4) is 0 Å². The van der Waals surface area contributed by atoms with Crippen molar-refractivity contribution in [1.29, 1.82) is 0 Å². The van der Waals surface area contributed by atoms with Gasteiger partial charge in [-0.2, -0.15) is 13.2 Å². The van der Waals surface area contributed by atoms with Crippen LogP contribution in [-0.2, 0) is 14.4 Å². The summed E-state index contributed by atoms with van der Waals surface area (Å²) in [7, 11) is 0. The zero-order chi connectivity index (χ0) is 15.5. The maximum Gasteiger partial charge on any atom is 0.394 e. The van der Waals surface area contributed by atoms with E-state index in [0.717, 1.165) is 16.7 Å². The summed E-state index contributed by atoms with van der Waals surface area (Å²) >= 11 is 0.755. The molecule has 0 bridgehead atoms. The molecule has 0 unspecified atom stereocenters. The fourth-order valence-corrected chi connectivity index (χ4v) is 2.54. The van der Waals surface area contributed by atoms with Crippen LogP contribution in [0.5, 0.6) is 0 Å². The van der Waals surface area contributed by atoms with Crippen molar-refractivity contribution in [2.45, 2.75) is 6.18 Å². The van der Waals surface area contributed by atoms with Gasteiger partial charge in [0.15, 0.2) is 0 Å². The van der Waals surface area contributed by atoms with E-state index in [9.17, 15) is 27.6 Å². The SMILES string of the molecule is O=C(O)CSCC(=O)N1C[C@@H](C(F)(F)F)[C@H](C(=O)O)C1. The average molecular weight is 315 g/mol. The Morgan fingerprint density at radius 2 is 1.75 bits per heavy atom. The summed E-state index contributed by atoms with van der Waals surface area (Å²) in [4.78, 5) is 33.5. The molecule has 1 fully saturated rings. The van der Waals surface area contributed by atoms with E-state index in [1.54, 1.807) is 0 Å². The number of nitrogens with zero attached hydrogens (tertiary/aromatic N) is 1. The molecule has 2 atom stereocenters. The molecule has 1 heterocycles. The van der Waals surface area contributed by atoms with Crippen LogP contribution in [0.15, 0.2) is 0 Å². The van der Waals surface area contributed by atoms with Crippen molar-refractivity contribution in [2.75, 3.05) is 24.6 Å². The Kier molecular flexibility index (Phi) is 5.26. The maximum atomic E-state index is 12.7. The molecular formula is C10H12F3NO5S. The molecule has 0 radical (unpaired) electrons. The molecule has 114 valence electrons. The molecule has 1 saturated heterocycles. The van der Waals surface area contributed by atoms with Gasteiger partial charge in [-0.15, -0.1) is 11.8 Å². The van der Waals surface area contributed by atoms with Crippen LogP contribution in [-0.4, -0.2) is 63.7 Å². The molecule has 1 rings (SSSR count). The van der Waals surface area contributed by atoms with E-state index in [1.807, 2.05) is 0 Å². The number of aliphatic carboxylic acids is 2. The first-order valence-electron chi connectivity index (χ1n) is 5.49. The monoisotopic (exact) mass is 315 g/mol. The number of hydrogen-bond acceptors (Lipinski definition) is 4. The Balaban J connectivity index is 2.63. The molecular weight excluding hydrogens is 303 g/mol. The number of carboxylic acid groups (broad SMARTS) is 2. The van der Waals surface area contributed by atoms with E-state index in [4.69, 9.17) is 10.2 Å². The second kappa shape index (κ2) is 6.33. The summed E-state index contributed by atoms with van der Waals surface area (Å²) in [6, 6.07) is 0. The molecule has 1 amide bonds. The number of halogens is 3. The molecule has 20 heavy (non-hydrogen) atoms. The van der Waals surface area contributed by atoms with Gasteiger partial charge in [-0.3, -0.25) is 14.4 Å². The number of amides is 1. The molecule has 2 N–H and O–H groups in total. The highest BCUT2D eigenvalue weighted by atomic mass is 32.2. The van der Waals surface area contributed by atoms with Gasteiger partial charge in [0.2, 0.25) is 5.91 Å². The smallest absolute Gasteiger partial charge is 0.394 e. The molecule has 6 nitrogen and oxygen atoms in total. The van der Waals surface area contributed by atoms with Crippen LogP contribution in [0, 0.1) is 11.8 Å². The summed E-state index contributed by atoms with van der Waals surface area (Å²) in [6.45, 7) is -1.21. The molecule has 1 aliphatic rings. The summed E-state index contributed by atoms with van der Waals surface area (Å²) in [5, 5.41) is 17.2. The highest BCUT2D eigenvalue weighted by Gasteiger charge is 2.53. The third-order valence-corrected chi connectivity index (χ3v) is 3.76. The normalized spacial score (nSPS) is 22.9. The molecule has 0 aromatic carbocycles. The van der Waals surface area contributed by atoms with E-state index in [-0.39, 0.29) is 11.5 Å². The highest BCUT2D eigenvalue weighted by Crippen LogP contribution is 2.37. The zero-order valence-corrected chi connectivity index (χ0v) is 10.9. The average Bonchev–Trinajstić information content (AvgIpc) is 2.72. The minimum atomic E-state index is -4.69. The quantitative estimate of drug-likeness (QED) is 0.768. The first-order valence-corrected chi connectivity index (χ1v) is 6.65. The Hall–Kier alpha value is -1.45. The van der Waals surface area contributed by atoms with Gasteiger partial charge in [-0.1, -0.05) is 0 Å². The van der Waals surface area contributed by atoms with Crippen LogP contribution in [0.4, 0.5) is 13.2 Å². The predicted molar refractivity (Wildman–Crippen MR) is 62.2 cm³/mol. The third-order valence-electron chi connectivity index (χ3n) is 2.86. The first kappa shape index (κ1) is 16.6.